The fourth-order valence-corrected chi connectivity index (χ4v) is 4.00. The second kappa shape index (κ2) is 8.75. The lowest BCUT2D eigenvalue weighted by Crippen LogP contribution is -2.39. The van der Waals surface area contributed by atoms with Crippen LogP contribution >= 0.6 is 0 Å². The summed E-state index contributed by atoms with van der Waals surface area (Å²) in [6, 6.07) is 9.68. The Balaban J connectivity index is 1.45. The van der Waals surface area contributed by atoms with Gasteiger partial charge in [0.1, 0.15) is 0 Å². The Morgan fingerprint density at radius 2 is 2.16 bits per heavy atom. The van der Waals surface area contributed by atoms with E-state index in [1.54, 1.807) is 17.0 Å². The molecule has 4 rings (SSSR count). The standard InChI is InChI=1S/C24H25N5O2/c1-24(2)20-15-26-23(27-19-9-11-31-12-10-19)28-21(20)16-29(24)22(30)8-4-6-17-5-3-7-18(13-17)14-25/h3,5,7,13,15,19H,6,9-12,16H2,1-2H3,(H,26,27,28). The third-order valence-corrected chi connectivity index (χ3v) is 5.85. The first kappa shape index (κ1) is 20.8. The van der Waals surface area contributed by atoms with Crippen molar-refractivity contribution in [1.29, 1.82) is 5.26 Å². The van der Waals surface area contributed by atoms with Gasteiger partial charge in [-0.25, -0.2) is 9.97 Å². The molecule has 7 nitrogen and oxygen atoms in total. The summed E-state index contributed by atoms with van der Waals surface area (Å²) >= 11 is 0. The number of nitriles is 1. The highest BCUT2D eigenvalue weighted by Crippen LogP contribution is 2.37. The zero-order valence-corrected chi connectivity index (χ0v) is 17.8. The third kappa shape index (κ3) is 4.52. The lowest BCUT2D eigenvalue weighted by molar-refractivity contribution is -0.130. The van der Waals surface area contributed by atoms with E-state index in [-0.39, 0.29) is 5.91 Å². The summed E-state index contributed by atoms with van der Waals surface area (Å²) in [6.45, 7) is 5.88. The van der Waals surface area contributed by atoms with Crippen molar-refractivity contribution in [3.63, 3.8) is 0 Å². The van der Waals surface area contributed by atoms with E-state index in [0.717, 1.165) is 42.9 Å². The summed E-state index contributed by atoms with van der Waals surface area (Å²) in [6.07, 6.45) is 4.10. The summed E-state index contributed by atoms with van der Waals surface area (Å²) < 4.78 is 5.40. The Morgan fingerprint density at radius 3 is 2.94 bits per heavy atom. The van der Waals surface area contributed by atoms with Gasteiger partial charge in [-0.3, -0.25) is 4.79 Å². The Kier molecular flexibility index (Phi) is 5.88. The van der Waals surface area contributed by atoms with E-state index in [0.29, 0.717) is 30.5 Å². The fourth-order valence-electron chi connectivity index (χ4n) is 4.00. The molecule has 0 atom stereocenters. The average Bonchev–Trinajstić information content (AvgIpc) is 3.04. The van der Waals surface area contributed by atoms with E-state index in [1.807, 2.05) is 32.2 Å². The molecule has 2 aromatic rings. The molecule has 1 saturated heterocycles. The number of benzene rings is 1. The van der Waals surface area contributed by atoms with E-state index < -0.39 is 5.54 Å². The molecular weight excluding hydrogens is 390 g/mol. The van der Waals surface area contributed by atoms with Crippen molar-refractivity contribution in [2.75, 3.05) is 18.5 Å². The summed E-state index contributed by atoms with van der Waals surface area (Å²) in [5.74, 6) is 6.07. The quantitative estimate of drug-likeness (QED) is 0.775. The van der Waals surface area contributed by atoms with Crippen molar-refractivity contribution in [3.8, 4) is 17.9 Å². The minimum Gasteiger partial charge on any atom is -0.381 e. The van der Waals surface area contributed by atoms with Crippen LogP contribution in [-0.4, -0.2) is 40.0 Å². The van der Waals surface area contributed by atoms with Crippen LogP contribution in [0.25, 0.3) is 0 Å². The van der Waals surface area contributed by atoms with Gasteiger partial charge in [-0.1, -0.05) is 18.1 Å². The molecule has 1 aromatic carbocycles. The number of nitrogens with one attached hydrogen (secondary N) is 1. The van der Waals surface area contributed by atoms with E-state index in [9.17, 15) is 4.79 Å². The van der Waals surface area contributed by atoms with Gasteiger partial charge in [0.2, 0.25) is 5.95 Å². The highest BCUT2D eigenvalue weighted by molar-refractivity contribution is 5.94. The van der Waals surface area contributed by atoms with Gasteiger partial charge in [0, 0.05) is 37.4 Å². The predicted molar refractivity (Wildman–Crippen MR) is 116 cm³/mol. The number of anilines is 1. The maximum absolute atomic E-state index is 12.9. The van der Waals surface area contributed by atoms with Gasteiger partial charge in [0.15, 0.2) is 0 Å². The molecule has 0 unspecified atom stereocenters. The zero-order valence-electron chi connectivity index (χ0n) is 17.8. The van der Waals surface area contributed by atoms with Crippen LogP contribution < -0.4 is 5.32 Å². The van der Waals surface area contributed by atoms with Gasteiger partial charge in [0.25, 0.3) is 5.91 Å². The molecule has 0 radical (unpaired) electrons. The van der Waals surface area contributed by atoms with Gasteiger partial charge in [0.05, 0.1) is 29.4 Å². The van der Waals surface area contributed by atoms with Crippen LogP contribution in [0.1, 0.15) is 49.1 Å². The highest BCUT2D eigenvalue weighted by atomic mass is 16.5. The molecule has 0 spiro atoms. The van der Waals surface area contributed by atoms with E-state index in [2.05, 4.69) is 33.2 Å². The van der Waals surface area contributed by atoms with Crippen LogP contribution in [0.15, 0.2) is 30.5 Å². The van der Waals surface area contributed by atoms with Crippen LogP contribution in [0.2, 0.25) is 0 Å². The molecule has 31 heavy (non-hydrogen) atoms. The van der Waals surface area contributed by atoms with E-state index >= 15 is 0 Å². The van der Waals surface area contributed by atoms with Crippen molar-refractivity contribution in [2.45, 2.75) is 51.2 Å². The van der Waals surface area contributed by atoms with Crippen LogP contribution in [0.4, 0.5) is 5.95 Å². The first-order valence-corrected chi connectivity index (χ1v) is 10.5. The van der Waals surface area contributed by atoms with Crippen molar-refractivity contribution in [1.82, 2.24) is 14.9 Å². The Morgan fingerprint density at radius 1 is 1.35 bits per heavy atom. The van der Waals surface area contributed by atoms with Gasteiger partial charge in [-0.2, -0.15) is 5.26 Å². The molecule has 0 bridgehead atoms. The Labute approximate surface area is 182 Å². The summed E-state index contributed by atoms with van der Waals surface area (Å²) in [4.78, 5) is 23.8. The molecule has 7 heteroatoms. The number of hydrogen-bond acceptors (Lipinski definition) is 6. The fraction of sp³-hybridized carbons (Fsp3) is 0.417. The minimum absolute atomic E-state index is 0.238. The molecule has 0 aliphatic carbocycles. The second-order valence-corrected chi connectivity index (χ2v) is 8.33. The molecule has 0 saturated carbocycles. The minimum atomic E-state index is -0.529. The summed E-state index contributed by atoms with van der Waals surface area (Å²) in [5, 5.41) is 12.4. The molecule has 3 heterocycles. The van der Waals surface area contributed by atoms with Crippen molar-refractivity contribution < 1.29 is 9.53 Å². The van der Waals surface area contributed by atoms with Crippen molar-refractivity contribution >= 4 is 11.9 Å². The lowest BCUT2D eigenvalue weighted by Gasteiger charge is -2.30. The molecule has 1 N–H and O–H groups in total. The van der Waals surface area contributed by atoms with Crippen molar-refractivity contribution in [3.05, 3.63) is 52.8 Å². The Hall–Kier alpha value is -3.42. The van der Waals surface area contributed by atoms with Gasteiger partial charge in [-0.05, 0) is 50.3 Å². The maximum Gasteiger partial charge on any atom is 0.299 e. The SMILES string of the molecule is CC1(C)c2cnc(NC3CCOCC3)nc2CN1C(=O)C#CCc1cccc(C#N)c1. The smallest absolute Gasteiger partial charge is 0.299 e. The highest BCUT2D eigenvalue weighted by Gasteiger charge is 2.41. The predicted octanol–water partition coefficient (Wildman–Crippen LogP) is 2.76. The van der Waals surface area contributed by atoms with Gasteiger partial charge >= 0.3 is 0 Å². The molecule has 158 valence electrons. The molecule has 2 aliphatic heterocycles. The number of carbonyl (C=O) groups is 1. The number of rotatable bonds is 3. The molecule has 2 aliphatic rings. The van der Waals surface area contributed by atoms with E-state index in [1.165, 1.54) is 0 Å². The number of nitrogens with zero attached hydrogens (tertiary/aromatic N) is 4. The largest absolute Gasteiger partial charge is 0.381 e. The normalized spacial score (nSPS) is 17.3. The molecular formula is C24H25N5O2. The summed E-state index contributed by atoms with van der Waals surface area (Å²) in [5.41, 5.74) is 2.77. The number of hydrogen-bond donors (Lipinski definition) is 1. The second-order valence-electron chi connectivity index (χ2n) is 8.33. The van der Waals surface area contributed by atoms with Gasteiger partial charge < -0.3 is 15.0 Å². The topological polar surface area (TPSA) is 91.1 Å². The molecule has 1 aromatic heterocycles. The summed E-state index contributed by atoms with van der Waals surface area (Å²) in [7, 11) is 0. The Bertz CT molecular complexity index is 1090. The zero-order chi connectivity index (χ0) is 21.8. The number of amides is 1. The average molecular weight is 415 g/mol. The van der Waals surface area contributed by atoms with Crippen LogP contribution in [0, 0.1) is 23.2 Å². The number of carbonyl (C=O) groups excluding carboxylic acids is 1. The number of ether oxygens (including phenoxy) is 1. The molecule has 1 fully saturated rings. The van der Waals surface area contributed by atoms with Crippen LogP contribution in [0.5, 0.6) is 0 Å². The lowest BCUT2D eigenvalue weighted by atomic mass is 9.97. The van der Waals surface area contributed by atoms with Gasteiger partial charge in [-0.15, -0.1) is 0 Å². The van der Waals surface area contributed by atoms with Crippen LogP contribution in [-0.2, 0) is 28.0 Å². The van der Waals surface area contributed by atoms with E-state index in [4.69, 9.17) is 10.00 Å². The first-order valence-electron chi connectivity index (χ1n) is 10.5. The number of aromatic nitrogens is 2. The van der Waals surface area contributed by atoms with Crippen molar-refractivity contribution in [2.24, 2.45) is 0 Å². The van der Waals surface area contributed by atoms with Crippen LogP contribution in [0.3, 0.4) is 0 Å². The maximum atomic E-state index is 12.9. The number of fused-ring (bicyclic) bond motifs is 1. The third-order valence-electron chi connectivity index (χ3n) is 5.85. The first-order chi connectivity index (χ1) is 15.0. The molecule has 1 amide bonds. The monoisotopic (exact) mass is 415 g/mol.